The zero-order valence-electron chi connectivity index (χ0n) is 6.27. The van der Waals surface area contributed by atoms with E-state index in [0.717, 1.165) is 5.56 Å². The second-order valence-electron chi connectivity index (χ2n) is 2.28. The van der Waals surface area contributed by atoms with Crippen molar-refractivity contribution >= 4 is 18.4 Å². The summed E-state index contributed by atoms with van der Waals surface area (Å²) >= 11 is 0. The summed E-state index contributed by atoms with van der Waals surface area (Å²) in [5, 5.41) is 8.43. The molecule has 68 valence electrons. The summed E-state index contributed by atoms with van der Waals surface area (Å²) in [5.74, 6) is -0.994. The van der Waals surface area contributed by atoms with Crippen LogP contribution in [-0.2, 0) is 11.2 Å². The molecule has 0 aliphatic carbocycles. The second kappa shape index (κ2) is 4.79. The van der Waals surface area contributed by atoms with Crippen LogP contribution >= 0.6 is 12.4 Å². The van der Waals surface area contributed by atoms with Crippen LogP contribution in [0.4, 0.5) is 0 Å². The molecule has 3 N–H and O–H groups in total. The fourth-order valence-corrected chi connectivity index (χ4v) is 0.750. The van der Waals surface area contributed by atoms with Crippen molar-refractivity contribution in [2.75, 3.05) is 0 Å². The molecule has 0 aromatic carbocycles. The van der Waals surface area contributed by atoms with Crippen LogP contribution in [0.15, 0.2) is 23.0 Å². The number of halogens is 1. The van der Waals surface area contributed by atoms with E-state index in [4.69, 9.17) is 15.3 Å². The van der Waals surface area contributed by atoms with Crippen LogP contribution in [0.2, 0.25) is 0 Å². The van der Waals surface area contributed by atoms with Gasteiger partial charge in [0.2, 0.25) is 0 Å². The highest BCUT2D eigenvalue weighted by Crippen LogP contribution is 2.02. The molecule has 0 aliphatic rings. The highest BCUT2D eigenvalue weighted by molar-refractivity contribution is 5.85. The fourth-order valence-electron chi connectivity index (χ4n) is 0.750. The summed E-state index contributed by atoms with van der Waals surface area (Å²) in [6.07, 6.45) is 3.29. The van der Waals surface area contributed by atoms with Crippen molar-refractivity contribution in [2.24, 2.45) is 5.73 Å². The lowest BCUT2D eigenvalue weighted by atomic mass is 10.1. The average molecular weight is 192 g/mol. The third kappa shape index (κ3) is 2.94. The molecule has 0 saturated heterocycles. The molecule has 0 aliphatic heterocycles. The van der Waals surface area contributed by atoms with E-state index in [2.05, 4.69) is 0 Å². The van der Waals surface area contributed by atoms with Crippen LogP contribution < -0.4 is 5.73 Å². The number of nitrogens with two attached hydrogens (primary N) is 1. The van der Waals surface area contributed by atoms with Gasteiger partial charge in [-0.1, -0.05) is 0 Å². The minimum absolute atomic E-state index is 0. The molecule has 0 fully saturated rings. The van der Waals surface area contributed by atoms with Crippen molar-refractivity contribution in [3.05, 3.63) is 24.2 Å². The molecule has 0 amide bonds. The Bertz CT molecular complexity index is 235. The van der Waals surface area contributed by atoms with Crippen LogP contribution in [0.5, 0.6) is 0 Å². The Balaban J connectivity index is 0.00000121. The molecule has 5 heteroatoms. The lowest BCUT2D eigenvalue weighted by molar-refractivity contribution is -0.138. The van der Waals surface area contributed by atoms with Gasteiger partial charge in [-0.05, 0) is 11.6 Å². The summed E-state index contributed by atoms with van der Waals surface area (Å²) in [5.41, 5.74) is 6.07. The largest absolute Gasteiger partial charge is 0.480 e. The minimum Gasteiger partial charge on any atom is -0.480 e. The first kappa shape index (κ1) is 11.0. The van der Waals surface area contributed by atoms with Gasteiger partial charge in [0, 0.05) is 6.42 Å². The lowest BCUT2D eigenvalue weighted by Crippen LogP contribution is -2.32. The minimum atomic E-state index is -0.994. The molecule has 1 unspecified atom stereocenters. The maximum absolute atomic E-state index is 10.3. The topological polar surface area (TPSA) is 76.5 Å². The van der Waals surface area contributed by atoms with E-state index in [-0.39, 0.29) is 12.4 Å². The van der Waals surface area contributed by atoms with Crippen molar-refractivity contribution in [3.8, 4) is 0 Å². The predicted molar refractivity (Wildman–Crippen MR) is 45.3 cm³/mol. The molecule has 1 heterocycles. The van der Waals surface area contributed by atoms with Gasteiger partial charge in [-0.25, -0.2) is 0 Å². The number of hydrogen-bond acceptors (Lipinski definition) is 3. The number of carboxylic acid groups (broad SMARTS) is 1. The first-order valence-electron chi connectivity index (χ1n) is 3.19. The highest BCUT2D eigenvalue weighted by Gasteiger charge is 2.11. The van der Waals surface area contributed by atoms with Gasteiger partial charge in [0.1, 0.15) is 6.04 Å². The van der Waals surface area contributed by atoms with Gasteiger partial charge in [-0.15, -0.1) is 12.4 Å². The van der Waals surface area contributed by atoms with E-state index in [0.29, 0.717) is 6.42 Å². The van der Waals surface area contributed by atoms with E-state index in [1.807, 2.05) is 0 Å². The van der Waals surface area contributed by atoms with E-state index in [1.165, 1.54) is 12.5 Å². The van der Waals surface area contributed by atoms with Crippen molar-refractivity contribution in [1.82, 2.24) is 0 Å². The number of aliphatic carboxylic acids is 1. The standard InChI is InChI=1S/C7H9NO3.ClH/c8-6(7(9)10)3-5-1-2-11-4-5;/h1-2,4,6H,3,8H2,(H,9,10);1H. The summed E-state index contributed by atoms with van der Waals surface area (Å²) in [7, 11) is 0. The molecule has 0 spiro atoms. The first-order valence-corrected chi connectivity index (χ1v) is 3.19. The van der Waals surface area contributed by atoms with Gasteiger partial charge < -0.3 is 15.3 Å². The fraction of sp³-hybridized carbons (Fsp3) is 0.286. The Hall–Kier alpha value is -1.00. The van der Waals surface area contributed by atoms with Crippen molar-refractivity contribution in [3.63, 3.8) is 0 Å². The zero-order valence-corrected chi connectivity index (χ0v) is 7.08. The predicted octanol–water partition coefficient (Wildman–Crippen LogP) is 0.656. The van der Waals surface area contributed by atoms with Crippen molar-refractivity contribution < 1.29 is 14.3 Å². The van der Waals surface area contributed by atoms with E-state index in [1.54, 1.807) is 6.07 Å². The third-order valence-electron chi connectivity index (χ3n) is 1.35. The smallest absolute Gasteiger partial charge is 0.320 e. The SMILES string of the molecule is Cl.NC(Cc1ccoc1)C(=O)O. The maximum Gasteiger partial charge on any atom is 0.320 e. The van der Waals surface area contributed by atoms with E-state index < -0.39 is 12.0 Å². The molecule has 1 rings (SSSR count). The van der Waals surface area contributed by atoms with Crippen LogP contribution in [0, 0.1) is 0 Å². The normalized spacial score (nSPS) is 11.8. The summed E-state index contributed by atoms with van der Waals surface area (Å²) < 4.78 is 4.75. The van der Waals surface area contributed by atoms with E-state index >= 15 is 0 Å². The summed E-state index contributed by atoms with van der Waals surface area (Å²) in [4.78, 5) is 10.3. The monoisotopic (exact) mass is 191 g/mol. The molecule has 1 aromatic rings. The van der Waals surface area contributed by atoms with Crippen LogP contribution in [0.25, 0.3) is 0 Å². The first-order chi connectivity index (χ1) is 5.20. The number of hydrogen-bond donors (Lipinski definition) is 2. The third-order valence-corrected chi connectivity index (χ3v) is 1.35. The van der Waals surface area contributed by atoms with Gasteiger partial charge in [-0.3, -0.25) is 4.79 Å². The Labute approximate surface area is 75.8 Å². The molecular weight excluding hydrogens is 182 g/mol. The maximum atomic E-state index is 10.3. The molecule has 1 aromatic heterocycles. The Morgan fingerprint density at radius 2 is 2.42 bits per heavy atom. The molecule has 12 heavy (non-hydrogen) atoms. The van der Waals surface area contributed by atoms with Crippen molar-refractivity contribution in [1.29, 1.82) is 0 Å². The molecule has 0 bridgehead atoms. The number of furan rings is 1. The summed E-state index contributed by atoms with van der Waals surface area (Å²) in [6.45, 7) is 0. The quantitative estimate of drug-likeness (QED) is 0.736. The van der Waals surface area contributed by atoms with E-state index in [9.17, 15) is 4.79 Å². The van der Waals surface area contributed by atoms with Crippen LogP contribution in [0.1, 0.15) is 5.56 Å². The van der Waals surface area contributed by atoms with Crippen LogP contribution in [-0.4, -0.2) is 17.1 Å². The molecule has 0 saturated carbocycles. The molecule has 0 radical (unpaired) electrons. The molecular formula is C7H10ClNO3. The van der Waals surface area contributed by atoms with Gasteiger partial charge in [-0.2, -0.15) is 0 Å². The Morgan fingerprint density at radius 1 is 1.75 bits per heavy atom. The number of carboxylic acids is 1. The van der Waals surface area contributed by atoms with Crippen LogP contribution in [0.3, 0.4) is 0 Å². The lowest BCUT2D eigenvalue weighted by Gasteiger charge is -2.01. The second-order valence-corrected chi connectivity index (χ2v) is 2.28. The molecule has 4 nitrogen and oxygen atoms in total. The Morgan fingerprint density at radius 3 is 2.83 bits per heavy atom. The van der Waals surface area contributed by atoms with Crippen molar-refractivity contribution in [2.45, 2.75) is 12.5 Å². The van der Waals surface area contributed by atoms with Gasteiger partial charge in [0.15, 0.2) is 0 Å². The van der Waals surface area contributed by atoms with Gasteiger partial charge >= 0.3 is 5.97 Å². The number of rotatable bonds is 3. The summed E-state index contributed by atoms with van der Waals surface area (Å²) in [6, 6.07) is 0.857. The van der Waals surface area contributed by atoms with Gasteiger partial charge in [0.05, 0.1) is 12.5 Å². The highest BCUT2D eigenvalue weighted by atomic mass is 35.5. The number of carbonyl (C=O) groups is 1. The van der Waals surface area contributed by atoms with Gasteiger partial charge in [0.25, 0.3) is 0 Å². The Kier molecular flexibility index (Phi) is 4.39. The molecule has 1 atom stereocenters. The average Bonchev–Trinajstić information content (AvgIpc) is 2.39. The zero-order chi connectivity index (χ0) is 8.27.